The van der Waals surface area contributed by atoms with Gasteiger partial charge in [0.05, 0.1) is 34.0 Å². The van der Waals surface area contributed by atoms with Gasteiger partial charge >= 0.3 is 0 Å². The van der Waals surface area contributed by atoms with E-state index in [1.54, 1.807) is 18.3 Å². The molecule has 3 rings (SSSR count). The summed E-state index contributed by atoms with van der Waals surface area (Å²) in [5.41, 5.74) is 0.513. The van der Waals surface area contributed by atoms with Gasteiger partial charge in [0.1, 0.15) is 5.82 Å². The van der Waals surface area contributed by atoms with E-state index >= 15 is 0 Å². The number of hydrogen-bond donors (Lipinski definition) is 3. The zero-order valence-corrected chi connectivity index (χ0v) is 17.4. The van der Waals surface area contributed by atoms with Crippen molar-refractivity contribution in [1.29, 1.82) is 0 Å². The van der Waals surface area contributed by atoms with Gasteiger partial charge in [-0.1, -0.05) is 11.6 Å². The van der Waals surface area contributed by atoms with Crippen LogP contribution in [-0.2, 0) is 14.8 Å². The molecule has 0 bridgehead atoms. The molecular formula is C20H16ClFN4O4S. The molecule has 3 aromatic rings. The topological polar surface area (TPSA) is 117 Å². The van der Waals surface area contributed by atoms with Crippen LogP contribution in [0.2, 0.25) is 5.02 Å². The van der Waals surface area contributed by atoms with E-state index in [0.717, 1.165) is 24.3 Å². The van der Waals surface area contributed by atoms with Gasteiger partial charge in [0.2, 0.25) is 5.91 Å². The fourth-order valence-electron chi connectivity index (χ4n) is 2.47. The predicted octanol–water partition coefficient (Wildman–Crippen LogP) is 3.04. The SMILES string of the molecule is O=C(CNC(=O)c1ccc(Cl)c(NS(=O)(=O)c2ccc(F)cc2)c1)Nc1cccnc1. The number of nitrogens with one attached hydrogen (secondary N) is 3. The molecule has 0 aliphatic heterocycles. The highest BCUT2D eigenvalue weighted by Gasteiger charge is 2.18. The van der Waals surface area contributed by atoms with E-state index < -0.39 is 27.7 Å². The summed E-state index contributed by atoms with van der Waals surface area (Å²) in [7, 11) is -4.06. The molecule has 2 amide bonds. The van der Waals surface area contributed by atoms with Gasteiger partial charge in [-0.2, -0.15) is 0 Å². The number of anilines is 2. The molecular weight excluding hydrogens is 447 g/mol. The van der Waals surface area contributed by atoms with Crippen LogP contribution < -0.4 is 15.4 Å². The molecule has 0 saturated heterocycles. The minimum absolute atomic E-state index is 0.0431. The average molecular weight is 463 g/mol. The highest BCUT2D eigenvalue weighted by Crippen LogP contribution is 2.26. The molecule has 0 spiro atoms. The Hall–Kier alpha value is -3.50. The highest BCUT2D eigenvalue weighted by atomic mass is 35.5. The van der Waals surface area contributed by atoms with Gasteiger partial charge in [-0.05, 0) is 54.6 Å². The summed E-state index contributed by atoms with van der Waals surface area (Å²) in [4.78, 5) is 28.0. The predicted molar refractivity (Wildman–Crippen MR) is 114 cm³/mol. The molecule has 8 nitrogen and oxygen atoms in total. The number of benzene rings is 2. The Morgan fingerprint density at radius 3 is 2.48 bits per heavy atom. The summed E-state index contributed by atoms with van der Waals surface area (Å²) in [6.07, 6.45) is 3.01. The standard InChI is InChI=1S/C20H16ClFN4O4S/c21-17-8-3-13(20(28)24-12-19(27)25-15-2-1-9-23-11-15)10-18(17)26-31(29,30)16-6-4-14(22)5-7-16/h1-11,26H,12H2,(H,24,28)(H,25,27). The average Bonchev–Trinajstić information content (AvgIpc) is 2.74. The molecule has 0 atom stereocenters. The Bertz CT molecular complexity index is 1210. The van der Waals surface area contributed by atoms with Crippen LogP contribution in [0.4, 0.5) is 15.8 Å². The van der Waals surface area contributed by atoms with Crippen LogP contribution >= 0.6 is 11.6 Å². The number of amides is 2. The molecule has 2 aromatic carbocycles. The van der Waals surface area contributed by atoms with Crippen molar-refractivity contribution in [3.8, 4) is 0 Å². The van der Waals surface area contributed by atoms with Crippen molar-refractivity contribution in [3.63, 3.8) is 0 Å². The molecule has 0 fully saturated rings. The van der Waals surface area contributed by atoms with E-state index in [2.05, 4.69) is 20.3 Å². The Kier molecular flexibility index (Phi) is 6.83. The summed E-state index contributed by atoms with van der Waals surface area (Å²) in [6, 6.07) is 11.5. The first kappa shape index (κ1) is 22.2. The second-order valence-corrected chi connectivity index (χ2v) is 8.32. The summed E-state index contributed by atoms with van der Waals surface area (Å²) in [6.45, 7) is -0.313. The third-order valence-corrected chi connectivity index (χ3v) is 5.66. The number of carbonyl (C=O) groups is 2. The van der Waals surface area contributed by atoms with Crippen LogP contribution in [0.3, 0.4) is 0 Å². The largest absolute Gasteiger partial charge is 0.343 e. The number of pyridine rings is 1. The quantitative estimate of drug-likeness (QED) is 0.499. The fourth-order valence-corrected chi connectivity index (χ4v) is 3.76. The van der Waals surface area contributed by atoms with E-state index in [4.69, 9.17) is 11.6 Å². The van der Waals surface area contributed by atoms with E-state index in [9.17, 15) is 22.4 Å². The first-order valence-corrected chi connectivity index (χ1v) is 10.7. The lowest BCUT2D eigenvalue weighted by Crippen LogP contribution is -2.32. The summed E-state index contributed by atoms with van der Waals surface area (Å²) in [5.74, 6) is -1.66. The molecule has 1 heterocycles. The zero-order valence-electron chi connectivity index (χ0n) is 15.8. The minimum Gasteiger partial charge on any atom is -0.343 e. The normalized spacial score (nSPS) is 10.9. The van der Waals surface area contributed by atoms with Crippen molar-refractivity contribution < 1.29 is 22.4 Å². The Labute approximate surface area is 182 Å². The van der Waals surface area contributed by atoms with Crippen LogP contribution in [0.15, 0.2) is 71.9 Å². The molecule has 3 N–H and O–H groups in total. The molecule has 31 heavy (non-hydrogen) atoms. The third kappa shape index (κ3) is 6.00. The van der Waals surface area contributed by atoms with Crippen molar-refractivity contribution in [1.82, 2.24) is 10.3 Å². The molecule has 0 aliphatic rings. The van der Waals surface area contributed by atoms with Crippen LogP contribution in [0.25, 0.3) is 0 Å². The number of halogens is 2. The maximum Gasteiger partial charge on any atom is 0.261 e. The maximum absolute atomic E-state index is 13.0. The fraction of sp³-hybridized carbons (Fsp3) is 0.0500. The van der Waals surface area contributed by atoms with Crippen LogP contribution in [0, 0.1) is 5.82 Å². The number of sulfonamides is 1. The van der Waals surface area contributed by atoms with Crippen molar-refractivity contribution in [2.24, 2.45) is 0 Å². The summed E-state index contributed by atoms with van der Waals surface area (Å²) < 4.78 is 40.3. The number of nitrogens with zero attached hydrogens (tertiary/aromatic N) is 1. The van der Waals surface area contributed by atoms with Gasteiger partial charge in [0, 0.05) is 11.8 Å². The lowest BCUT2D eigenvalue weighted by atomic mass is 10.2. The maximum atomic E-state index is 13.0. The smallest absolute Gasteiger partial charge is 0.261 e. The third-order valence-electron chi connectivity index (χ3n) is 3.95. The number of hydrogen-bond acceptors (Lipinski definition) is 5. The number of rotatable bonds is 7. The summed E-state index contributed by atoms with van der Waals surface area (Å²) >= 11 is 6.05. The minimum atomic E-state index is -4.06. The summed E-state index contributed by atoms with van der Waals surface area (Å²) in [5, 5.41) is 5.05. The first-order chi connectivity index (χ1) is 14.7. The number of carbonyl (C=O) groups excluding carboxylic acids is 2. The lowest BCUT2D eigenvalue weighted by molar-refractivity contribution is -0.115. The van der Waals surface area contributed by atoms with E-state index in [1.165, 1.54) is 24.4 Å². The highest BCUT2D eigenvalue weighted by molar-refractivity contribution is 7.92. The first-order valence-electron chi connectivity index (χ1n) is 8.80. The molecule has 0 unspecified atom stereocenters. The zero-order chi connectivity index (χ0) is 22.4. The molecule has 11 heteroatoms. The van der Waals surface area contributed by atoms with E-state index in [1.807, 2.05) is 0 Å². The Balaban J connectivity index is 1.67. The van der Waals surface area contributed by atoms with Gasteiger partial charge in [-0.3, -0.25) is 19.3 Å². The van der Waals surface area contributed by atoms with Crippen molar-refractivity contribution >= 4 is 44.8 Å². The Morgan fingerprint density at radius 1 is 1.06 bits per heavy atom. The number of aromatic nitrogens is 1. The van der Waals surface area contributed by atoms with Gasteiger partial charge in [0.15, 0.2) is 0 Å². The van der Waals surface area contributed by atoms with Crippen LogP contribution in [0.1, 0.15) is 10.4 Å². The second kappa shape index (κ2) is 9.54. The van der Waals surface area contributed by atoms with Crippen LogP contribution in [0.5, 0.6) is 0 Å². The molecule has 0 radical (unpaired) electrons. The lowest BCUT2D eigenvalue weighted by Gasteiger charge is -2.12. The molecule has 1 aromatic heterocycles. The van der Waals surface area contributed by atoms with Crippen molar-refractivity contribution in [3.05, 3.63) is 83.4 Å². The Morgan fingerprint density at radius 2 is 1.81 bits per heavy atom. The van der Waals surface area contributed by atoms with Crippen LogP contribution in [-0.4, -0.2) is 31.8 Å². The van der Waals surface area contributed by atoms with Gasteiger partial charge in [-0.15, -0.1) is 0 Å². The second-order valence-electron chi connectivity index (χ2n) is 6.23. The molecule has 0 aliphatic carbocycles. The van der Waals surface area contributed by atoms with Gasteiger partial charge < -0.3 is 10.6 Å². The molecule has 160 valence electrons. The monoisotopic (exact) mass is 462 g/mol. The van der Waals surface area contributed by atoms with Gasteiger partial charge in [0.25, 0.3) is 15.9 Å². The van der Waals surface area contributed by atoms with Crippen molar-refractivity contribution in [2.45, 2.75) is 4.90 Å². The van der Waals surface area contributed by atoms with E-state index in [-0.39, 0.29) is 27.7 Å². The van der Waals surface area contributed by atoms with E-state index in [0.29, 0.717) is 5.69 Å². The molecule has 0 saturated carbocycles. The van der Waals surface area contributed by atoms with Crippen molar-refractivity contribution in [2.75, 3.05) is 16.6 Å². The van der Waals surface area contributed by atoms with Gasteiger partial charge in [-0.25, -0.2) is 12.8 Å².